The van der Waals surface area contributed by atoms with Crippen LogP contribution in [-0.4, -0.2) is 19.7 Å². The van der Waals surface area contributed by atoms with Gasteiger partial charge >= 0.3 is 0 Å². The maximum atomic E-state index is 11.3. The number of halogens is 1. The predicted molar refractivity (Wildman–Crippen MR) is 56.2 cm³/mol. The van der Waals surface area contributed by atoms with E-state index in [1.807, 2.05) is 13.8 Å². The van der Waals surface area contributed by atoms with E-state index in [0.717, 1.165) is 0 Å². The third-order valence-corrected chi connectivity index (χ3v) is 2.44. The van der Waals surface area contributed by atoms with Gasteiger partial charge in [-0.3, -0.25) is 4.79 Å². The van der Waals surface area contributed by atoms with Crippen LogP contribution in [0.15, 0.2) is 15.6 Å². The number of hydrogen-bond donors (Lipinski definition) is 1. The zero-order valence-corrected chi connectivity index (χ0v) is 9.37. The quantitative estimate of drug-likeness (QED) is 0.841. The summed E-state index contributed by atoms with van der Waals surface area (Å²) in [5, 5.41) is 4.14. The van der Waals surface area contributed by atoms with Gasteiger partial charge in [0.25, 0.3) is 5.56 Å². The molecule has 0 aliphatic rings. The number of aromatic amines is 1. The fourth-order valence-corrected chi connectivity index (χ4v) is 1.55. The fourth-order valence-electron chi connectivity index (χ4n) is 1.26. The van der Waals surface area contributed by atoms with E-state index in [1.54, 1.807) is 10.9 Å². The minimum absolute atomic E-state index is 0.200. The lowest BCUT2D eigenvalue weighted by Gasteiger charge is -2.05. The summed E-state index contributed by atoms with van der Waals surface area (Å²) in [6.07, 6.45) is 1.63. The highest BCUT2D eigenvalue weighted by molar-refractivity contribution is 9.10. The van der Waals surface area contributed by atoms with Crippen LogP contribution in [0.1, 0.15) is 19.9 Å². The zero-order valence-electron chi connectivity index (χ0n) is 7.78. The van der Waals surface area contributed by atoms with E-state index in [4.69, 9.17) is 0 Å². The fraction of sp³-hybridized carbons (Fsp3) is 0.375. The average molecular weight is 257 g/mol. The Hall–Kier alpha value is -1.17. The van der Waals surface area contributed by atoms with Gasteiger partial charge in [-0.05, 0) is 29.8 Å². The highest BCUT2D eigenvalue weighted by atomic mass is 79.9. The van der Waals surface area contributed by atoms with Crippen molar-refractivity contribution in [2.24, 2.45) is 0 Å². The Labute approximate surface area is 88.3 Å². The van der Waals surface area contributed by atoms with Crippen LogP contribution in [0.2, 0.25) is 0 Å². The van der Waals surface area contributed by atoms with Crippen molar-refractivity contribution in [2.75, 3.05) is 0 Å². The van der Waals surface area contributed by atoms with Crippen molar-refractivity contribution >= 4 is 27.1 Å². The number of nitrogens with one attached hydrogen (secondary N) is 1. The Morgan fingerprint density at radius 2 is 2.29 bits per heavy atom. The molecule has 2 aromatic rings. The maximum absolute atomic E-state index is 11.3. The summed E-state index contributed by atoms with van der Waals surface area (Å²) in [6.45, 7) is 3.99. The molecule has 2 heterocycles. The van der Waals surface area contributed by atoms with Gasteiger partial charge in [0, 0.05) is 6.04 Å². The molecule has 14 heavy (non-hydrogen) atoms. The summed E-state index contributed by atoms with van der Waals surface area (Å²) < 4.78 is 2.02. The molecule has 0 saturated heterocycles. The lowest BCUT2D eigenvalue weighted by atomic mass is 10.4. The van der Waals surface area contributed by atoms with Gasteiger partial charge in [0.05, 0.1) is 6.20 Å². The van der Waals surface area contributed by atoms with E-state index >= 15 is 0 Å². The van der Waals surface area contributed by atoms with Crippen LogP contribution in [-0.2, 0) is 0 Å². The first-order valence-electron chi connectivity index (χ1n) is 4.22. The molecule has 0 bridgehead atoms. The van der Waals surface area contributed by atoms with Crippen molar-refractivity contribution in [1.29, 1.82) is 0 Å². The third-order valence-electron chi connectivity index (χ3n) is 1.90. The van der Waals surface area contributed by atoms with E-state index in [0.29, 0.717) is 11.2 Å². The van der Waals surface area contributed by atoms with Gasteiger partial charge in [0.1, 0.15) is 5.52 Å². The van der Waals surface area contributed by atoms with Crippen molar-refractivity contribution in [1.82, 2.24) is 19.7 Å². The topological polar surface area (TPSA) is 63.6 Å². The van der Waals surface area contributed by atoms with Crippen LogP contribution in [0.25, 0.3) is 11.2 Å². The Morgan fingerprint density at radius 1 is 1.57 bits per heavy atom. The molecule has 0 radical (unpaired) electrons. The van der Waals surface area contributed by atoms with Crippen molar-refractivity contribution in [3.05, 3.63) is 21.2 Å². The molecule has 0 saturated carbocycles. The molecule has 6 heteroatoms. The first kappa shape index (κ1) is 9.39. The lowest BCUT2D eigenvalue weighted by Crippen LogP contribution is -2.12. The SMILES string of the molecule is CC(C)n1ncc2nc(Br)c(=O)[nH]c21. The number of nitrogens with zero attached hydrogens (tertiary/aromatic N) is 3. The number of hydrogen-bond acceptors (Lipinski definition) is 3. The van der Waals surface area contributed by atoms with Crippen LogP contribution < -0.4 is 5.56 Å². The van der Waals surface area contributed by atoms with Gasteiger partial charge in [0.2, 0.25) is 0 Å². The van der Waals surface area contributed by atoms with Crippen LogP contribution in [0.3, 0.4) is 0 Å². The lowest BCUT2D eigenvalue weighted by molar-refractivity contribution is 0.546. The highest BCUT2D eigenvalue weighted by Crippen LogP contribution is 2.13. The normalized spacial score (nSPS) is 11.4. The highest BCUT2D eigenvalue weighted by Gasteiger charge is 2.09. The maximum Gasteiger partial charge on any atom is 0.282 e. The number of aromatic nitrogens is 4. The smallest absolute Gasteiger partial charge is 0.282 e. The monoisotopic (exact) mass is 256 g/mol. The second-order valence-electron chi connectivity index (χ2n) is 3.27. The largest absolute Gasteiger partial charge is 0.303 e. The molecule has 0 unspecified atom stereocenters. The van der Waals surface area contributed by atoms with Crippen molar-refractivity contribution in [2.45, 2.75) is 19.9 Å². The van der Waals surface area contributed by atoms with E-state index in [9.17, 15) is 4.79 Å². The molecule has 0 amide bonds. The molecule has 0 fully saturated rings. The molecule has 74 valence electrons. The van der Waals surface area contributed by atoms with Crippen molar-refractivity contribution < 1.29 is 0 Å². The van der Waals surface area contributed by atoms with Crippen LogP contribution in [0, 0.1) is 0 Å². The summed E-state index contributed by atoms with van der Waals surface area (Å²) in [6, 6.07) is 0.200. The van der Waals surface area contributed by atoms with Gasteiger partial charge in [-0.1, -0.05) is 0 Å². The molecule has 0 aliphatic carbocycles. The van der Waals surface area contributed by atoms with Gasteiger partial charge in [0.15, 0.2) is 10.3 Å². The van der Waals surface area contributed by atoms with E-state index in [-0.39, 0.29) is 16.2 Å². The zero-order chi connectivity index (χ0) is 10.3. The molecular formula is C8H9BrN4O. The minimum Gasteiger partial charge on any atom is -0.303 e. The summed E-state index contributed by atoms with van der Waals surface area (Å²) in [5.74, 6) is 0. The Morgan fingerprint density at radius 3 is 2.93 bits per heavy atom. The van der Waals surface area contributed by atoms with Crippen LogP contribution in [0.5, 0.6) is 0 Å². The number of rotatable bonds is 1. The Balaban J connectivity index is 2.80. The minimum atomic E-state index is -0.236. The summed E-state index contributed by atoms with van der Waals surface area (Å²) >= 11 is 3.07. The summed E-state index contributed by atoms with van der Waals surface area (Å²) in [7, 11) is 0. The van der Waals surface area contributed by atoms with Crippen LogP contribution >= 0.6 is 15.9 Å². The standard InChI is InChI=1S/C8H9BrN4O/c1-4(2)13-7-5(3-10-13)11-6(9)8(14)12-7/h3-4H,1-2H3,(H,12,14). The molecule has 1 N–H and O–H groups in total. The molecule has 2 aromatic heterocycles. The second-order valence-corrected chi connectivity index (χ2v) is 4.02. The summed E-state index contributed by atoms with van der Waals surface area (Å²) in [4.78, 5) is 18.1. The Kier molecular flexibility index (Phi) is 2.14. The number of fused-ring (bicyclic) bond motifs is 1. The molecule has 0 aromatic carbocycles. The molecule has 5 nitrogen and oxygen atoms in total. The summed E-state index contributed by atoms with van der Waals surface area (Å²) in [5.41, 5.74) is 1.11. The first-order chi connectivity index (χ1) is 6.59. The molecule has 0 spiro atoms. The average Bonchev–Trinajstić information content (AvgIpc) is 2.48. The van der Waals surface area contributed by atoms with Crippen molar-refractivity contribution in [3.8, 4) is 0 Å². The third kappa shape index (κ3) is 1.35. The van der Waals surface area contributed by atoms with Gasteiger partial charge in [-0.15, -0.1) is 0 Å². The predicted octanol–water partition coefficient (Wildman–Crippen LogP) is 1.46. The molecule has 0 atom stereocenters. The Bertz CT molecular complexity index is 528. The van der Waals surface area contributed by atoms with E-state index < -0.39 is 0 Å². The second kappa shape index (κ2) is 3.20. The van der Waals surface area contributed by atoms with Crippen LogP contribution in [0.4, 0.5) is 0 Å². The number of H-pyrrole nitrogens is 1. The van der Waals surface area contributed by atoms with Gasteiger partial charge in [-0.2, -0.15) is 5.10 Å². The van der Waals surface area contributed by atoms with Gasteiger partial charge < -0.3 is 4.98 Å². The van der Waals surface area contributed by atoms with Gasteiger partial charge in [-0.25, -0.2) is 9.67 Å². The molecular weight excluding hydrogens is 248 g/mol. The molecule has 0 aliphatic heterocycles. The molecule has 2 rings (SSSR count). The first-order valence-corrected chi connectivity index (χ1v) is 5.02. The van der Waals surface area contributed by atoms with E-state index in [1.165, 1.54) is 0 Å². The van der Waals surface area contributed by atoms with Crippen molar-refractivity contribution in [3.63, 3.8) is 0 Å². The van der Waals surface area contributed by atoms with E-state index in [2.05, 4.69) is 31.0 Å².